The number of benzene rings is 1. The van der Waals surface area contributed by atoms with Crippen LogP contribution < -0.4 is 15.4 Å². The number of para-hydroxylation sites is 1. The minimum Gasteiger partial charge on any atom is -0.496 e. The number of amides is 1. The van der Waals surface area contributed by atoms with Gasteiger partial charge in [-0.15, -0.1) is 24.2 Å². The number of hydrogen-bond acceptors (Lipinski definition) is 4. The normalized spacial score (nSPS) is 14.7. The van der Waals surface area contributed by atoms with E-state index in [-0.39, 0.29) is 18.3 Å². The maximum Gasteiger partial charge on any atom is 0.233 e. The average Bonchev–Trinajstić information content (AvgIpc) is 3.35. The van der Waals surface area contributed by atoms with Gasteiger partial charge in [-0.05, 0) is 43.4 Å². The van der Waals surface area contributed by atoms with Gasteiger partial charge in [-0.25, -0.2) is 0 Å². The summed E-state index contributed by atoms with van der Waals surface area (Å²) in [6.45, 7) is 4.28. The van der Waals surface area contributed by atoms with Crippen LogP contribution in [-0.2, 0) is 4.79 Å². The topological polar surface area (TPSA) is 50.4 Å². The van der Waals surface area contributed by atoms with Gasteiger partial charge in [-0.2, -0.15) is 0 Å². The SMILES string of the molecule is COc1ccccc1SCC(C)CNC(=O)CNCC1CC1.Cl. The van der Waals surface area contributed by atoms with Gasteiger partial charge in [-0.3, -0.25) is 4.79 Å². The summed E-state index contributed by atoms with van der Waals surface area (Å²) in [5, 5.41) is 6.21. The van der Waals surface area contributed by atoms with Crippen LogP contribution in [-0.4, -0.2) is 38.4 Å². The summed E-state index contributed by atoms with van der Waals surface area (Å²) < 4.78 is 5.35. The number of hydrogen-bond donors (Lipinski definition) is 2. The first kappa shape index (κ1) is 20.1. The molecular weight excluding hydrogens is 332 g/mol. The largest absolute Gasteiger partial charge is 0.496 e. The van der Waals surface area contributed by atoms with Gasteiger partial charge < -0.3 is 15.4 Å². The fourth-order valence-corrected chi connectivity index (χ4v) is 3.14. The minimum atomic E-state index is 0. The number of nitrogens with one attached hydrogen (secondary N) is 2. The maximum absolute atomic E-state index is 11.7. The summed E-state index contributed by atoms with van der Waals surface area (Å²) in [5.74, 6) is 3.19. The van der Waals surface area contributed by atoms with Crippen molar-refractivity contribution in [1.29, 1.82) is 0 Å². The summed E-state index contributed by atoms with van der Waals surface area (Å²) in [4.78, 5) is 12.9. The van der Waals surface area contributed by atoms with Gasteiger partial charge in [0.15, 0.2) is 0 Å². The Balaban J connectivity index is 0.00000264. The number of methoxy groups -OCH3 is 1. The molecule has 1 saturated carbocycles. The van der Waals surface area contributed by atoms with Gasteiger partial charge in [0.05, 0.1) is 13.7 Å². The van der Waals surface area contributed by atoms with E-state index in [1.54, 1.807) is 18.9 Å². The summed E-state index contributed by atoms with van der Waals surface area (Å²) in [5.41, 5.74) is 0. The molecule has 4 nitrogen and oxygen atoms in total. The molecule has 1 fully saturated rings. The van der Waals surface area contributed by atoms with Crippen molar-refractivity contribution in [3.8, 4) is 5.75 Å². The molecule has 1 aromatic carbocycles. The van der Waals surface area contributed by atoms with Crippen LogP contribution >= 0.6 is 24.2 Å². The number of carbonyl (C=O) groups excluding carboxylic acids is 1. The molecule has 0 radical (unpaired) electrons. The first-order valence-corrected chi connectivity index (χ1v) is 8.91. The summed E-state index contributed by atoms with van der Waals surface area (Å²) >= 11 is 1.77. The highest BCUT2D eigenvalue weighted by atomic mass is 35.5. The predicted octanol–water partition coefficient (Wildman–Crippen LogP) is 2.96. The van der Waals surface area contributed by atoms with Gasteiger partial charge in [0.1, 0.15) is 5.75 Å². The zero-order chi connectivity index (χ0) is 15.8. The number of rotatable bonds is 10. The van der Waals surface area contributed by atoms with E-state index in [1.807, 2.05) is 18.2 Å². The standard InChI is InChI=1S/C17H26N2O2S.ClH/c1-13(9-19-17(20)11-18-10-14-7-8-14)12-22-16-6-4-3-5-15(16)21-2;/h3-6,13-14,18H,7-12H2,1-2H3,(H,19,20);1H. The Morgan fingerprint density at radius 2 is 2.13 bits per heavy atom. The second-order valence-electron chi connectivity index (χ2n) is 5.95. The molecule has 0 heterocycles. The molecule has 1 amide bonds. The van der Waals surface area contributed by atoms with Crippen molar-refractivity contribution in [2.45, 2.75) is 24.7 Å². The van der Waals surface area contributed by atoms with Crippen molar-refractivity contribution < 1.29 is 9.53 Å². The molecule has 0 spiro atoms. The molecule has 2 rings (SSSR count). The molecule has 1 aliphatic carbocycles. The van der Waals surface area contributed by atoms with Crippen molar-refractivity contribution >= 4 is 30.1 Å². The molecule has 1 atom stereocenters. The van der Waals surface area contributed by atoms with Crippen LogP contribution in [0.3, 0.4) is 0 Å². The van der Waals surface area contributed by atoms with Gasteiger partial charge in [0, 0.05) is 17.2 Å². The molecule has 0 saturated heterocycles. The van der Waals surface area contributed by atoms with Crippen molar-refractivity contribution in [2.24, 2.45) is 11.8 Å². The molecule has 0 bridgehead atoms. The zero-order valence-electron chi connectivity index (χ0n) is 13.8. The number of thioether (sulfide) groups is 1. The molecule has 1 unspecified atom stereocenters. The minimum absolute atomic E-state index is 0. The Kier molecular flexibility index (Phi) is 9.44. The van der Waals surface area contributed by atoms with E-state index in [1.165, 1.54) is 12.8 Å². The Hall–Kier alpha value is -0.910. The molecule has 1 aliphatic rings. The Morgan fingerprint density at radius 1 is 1.39 bits per heavy atom. The monoisotopic (exact) mass is 358 g/mol. The number of ether oxygens (including phenoxy) is 1. The van der Waals surface area contributed by atoms with Crippen LogP contribution in [0.25, 0.3) is 0 Å². The Bertz CT molecular complexity index is 483. The fourth-order valence-electron chi connectivity index (χ4n) is 2.09. The van der Waals surface area contributed by atoms with Crippen LogP contribution in [0.15, 0.2) is 29.2 Å². The Morgan fingerprint density at radius 3 is 2.83 bits per heavy atom. The summed E-state index contributed by atoms with van der Waals surface area (Å²) in [6.07, 6.45) is 2.62. The van der Waals surface area contributed by atoms with Gasteiger partial charge in [0.25, 0.3) is 0 Å². The van der Waals surface area contributed by atoms with E-state index >= 15 is 0 Å². The lowest BCUT2D eigenvalue weighted by atomic mass is 10.2. The highest BCUT2D eigenvalue weighted by molar-refractivity contribution is 7.99. The van der Waals surface area contributed by atoms with E-state index in [0.717, 1.165) is 28.9 Å². The number of halogens is 1. The number of carbonyl (C=O) groups is 1. The van der Waals surface area contributed by atoms with Gasteiger partial charge in [-0.1, -0.05) is 19.1 Å². The van der Waals surface area contributed by atoms with Crippen LogP contribution in [0, 0.1) is 11.8 Å². The fraction of sp³-hybridized carbons (Fsp3) is 0.588. The van der Waals surface area contributed by atoms with Crippen molar-refractivity contribution in [1.82, 2.24) is 10.6 Å². The van der Waals surface area contributed by atoms with Crippen LogP contribution in [0.5, 0.6) is 5.75 Å². The van der Waals surface area contributed by atoms with Gasteiger partial charge >= 0.3 is 0 Å². The molecule has 6 heteroatoms. The molecular formula is C17H27ClN2O2S. The second kappa shape index (κ2) is 10.8. The smallest absolute Gasteiger partial charge is 0.233 e. The van der Waals surface area contributed by atoms with Crippen LogP contribution in [0.1, 0.15) is 19.8 Å². The lowest BCUT2D eigenvalue weighted by Crippen LogP contribution is -2.37. The molecule has 130 valence electrons. The highest BCUT2D eigenvalue weighted by Crippen LogP contribution is 2.29. The lowest BCUT2D eigenvalue weighted by Gasteiger charge is -2.14. The quantitative estimate of drug-likeness (QED) is 0.631. The van der Waals surface area contributed by atoms with Crippen LogP contribution in [0.4, 0.5) is 0 Å². The first-order chi connectivity index (χ1) is 10.7. The maximum atomic E-state index is 11.7. The highest BCUT2D eigenvalue weighted by Gasteiger charge is 2.20. The van der Waals surface area contributed by atoms with E-state index in [2.05, 4.69) is 23.6 Å². The molecule has 2 N–H and O–H groups in total. The Labute approximate surface area is 149 Å². The average molecular weight is 359 g/mol. The third-order valence-corrected chi connectivity index (χ3v) is 5.04. The van der Waals surface area contributed by atoms with Crippen molar-refractivity contribution in [2.75, 3.05) is 32.5 Å². The molecule has 0 aliphatic heterocycles. The summed E-state index contributed by atoms with van der Waals surface area (Å²) in [6, 6.07) is 8.03. The van der Waals surface area contributed by atoms with E-state index in [4.69, 9.17) is 4.74 Å². The molecule has 23 heavy (non-hydrogen) atoms. The summed E-state index contributed by atoms with van der Waals surface area (Å²) in [7, 11) is 1.69. The lowest BCUT2D eigenvalue weighted by molar-refractivity contribution is -0.120. The van der Waals surface area contributed by atoms with Gasteiger partial charge in [0.2, 0.25) is 5.91 Å². The van der Waals surface area contributed by atoms with E-state index < -0.39 is 0 Å². The third kappa shape index (κ3) is 7.95. The molecule has 1 aromatic rings. The third-order valence-electron chi connectivity index (χ3n) is 3.66. The second-order valence-corrected chi connectivity index (χ2v) is 7.01. The predicted molar refractivity (Wildman–Crippen MR) is 98.7 cm³/mol. The van der Waals surface area contributed by atoms with Crippen molar-refractivity contribution in [3.63, 3.8) is 0 Å². The first-order valence-electron chi connectivity index (χ1n) is 7.92. The van der Waals surface area contributed by atoms with E-state index in [0.29, 0.717) is 19.0 Å². The van der Waals surface area contributed by atoms with Crippen LogP contribution in [0.2, 0.25) is 0 Å². The molecule has 0 aromatic heterocycles. The van der Waals surface area contributed by atoms with Crippen molar-refractivity contribution in [3.05, 3.63) is 24.3 Å². The van der Waals surface area contributed by atoms with E-state index in [9.17, 15) is 4.79 Å². The zero-order valence-corrected chi connectivity index (χ0v) is 15.5.